The number of anilines is 1. The van der Waals surface area contributed by atoms with Gasteiger partial charge in [-0.1, -0.05) is 13.0 Å². The van der Waals surface area contributed by atoms with Crippen molar-refractivity contribution in [1.82, 2.24) is 0 Å². The van der Waals surface area contributed by atoms with Crippen molar-refractivity contribution < 1.29 is 17.9 Å². The molecule has 1 N–H and O–H groups in total. The zero-order chi connectivity index (χ0) is 13.4. The largest absolute Gasteiger partial charge is 0.416 e. The van der Waals surface area contributed by atoms with E-state index in [9.17, 15) is 13.2 Å². The molecule has 100 valence electrons. The number of alkyl halides is 3. The number of rotatable bonds is 3. The van der Waals surface area contributed by atoms with E-state index < -0.39 is 11.7 Å². The van der Waals surface area contributed by atoms with E-state index in [4.69, 9.17) is 4.74 Å². The van der Waals surface area contributed by atoms with Gasteiger partial charge in [-0.15, -0.1) is 0 Å². The fourth-order valence-electron chi connectivity index (χ4n) is 1.91. The fourth-order valence-corrected chi connectivity index (χ4v) is 1.91. The highest BCUT2D eigenvalue weighted by Gasteiger charge is 2.34. The Bertz CT molecular complexity index is 438. The van der Waals surface area contributed by atoms with Crippen molar-refractivity contribution in [3.05, 3.63) is 29.3 Å². The Morgan fingerprint density at radius 1 is 1.33 bits per heavy atom. The fraction of sp³-hybridized carbons (Fsp3) is 0.538. The third kappa shape index (κ3) is 2.77. The number of hydrogen-bond acceptors (Lipinski definition) is 2. The molecule has 1 aromatic carbocycles. The van der Waals surface area contributed by atoms with E-state index in [2.05, 4.69) is 5.32 Å². The molecule has 1 heterocycles. The van der Waals surface area contributed by atoms with Crippen LogP contribution in [0.15, 0.2) is 18.2 Å². The highest BCUT2D eigenvalue weighted by Crippen LogP contribution is 2.34. The summed E-state index contributed by atoms with van der Waals surface area (Å²) in [6.45, 7) is 5.43. The number of benzene rings is 1. The molecule has 2 rings (SSSR count). The normalized spacial score (nSPS) is 18.3. The molecule has 0 aromatic heterocycles. The van der Waals surface area contributed by atoms with Gasteiger partial charge < -0.3 is 10.1 Å². The second-order valence-electron chi connectivity index (χ2n) is 5.18. The van der Waals surface area contributed by atoms with Gasteiger partial charge in [0.15, 0.2) is 0 Å². The molecule has 5 heteroatoms. The molecule has 1 aromatic rings. The molecule has 1 saturated heterocycles. The van der Waals surface area contributed by atoms with Crippen LogP contribution in [0.25, 0.3) is 0 Å². The zero-order valence-electron chi connectivity index (χ0n) is 10.4. The summed E-state index contributed by atoms with van der Waals surface area (Å²) < 4.78 is 43.3. The minimum absolute atomic E-state index is 0.0310. The lowest BCUT2D eigenvalue weighted by molar-refractivity contribution is -0.138. The Hall–Kier alpha value is -1.23. The van der Waals surface area contributed by atoms with Gasteiger partial charge in [-0.05, 0) is 24.6 Å². The van der Waals surface area contributed by atoms with Crippen LogP contribution < -0.4 is 5.32 Å². The molecule has 0 aliphatic carbocycles. The van der Waals surface area contributed by atoms with E-state index in [0.29, 0.717) is 25.4 Å². The highest BCUT2D eigenvalue weighted by atomic mass is 19.4. The maximum absolute atomic E-state index is 12.7. The lowest BCUT2D eigenvalue weighted by Crippen LogP contribution is -2.45. The first kappa shape index (κ1) is 13.2. The molecule has 0 atom stereocenters. The Balaban J connectivity index is 2.10. The number of aryl methyl sites for hydroxylation is 1. The van der Waals surface area contributed by atoms with Gasteiger partial charge in [0.1, 0.15) is 0 Å². The predicted molar refractivity (Wildman–Crippen MR) is 63.6 cm³/mol. The van der Waals surface area contributed by atoms with Crippen molar-refractivity contribution in [3.63, 3.8) is 0 Å². The summed E-state index contributed by atoms with van der Waals surface area (Å²) in [4.78, 5) is 0. The highest BCUT2D eigenvalue weighted by molar-refractivity contribution is 5.49. The molecule has 0 bridgehead atoms. The molecule has 1 aliphatic rings. The summed E-state index contributed by atoms with van der Waals surface area (Å²) in [7, 11) is 0. The predicted octanol–water partition coefficient (Wildman–Crippen LogP) is 3.46. The van der Waals surface area contributed by atoms with Crippen molar-refractivity contribution in [1.29, 1.82) is 0 Å². The third-order valence-corrected chi connectivity index (χ3v) is 3.16. The molecule has 0 saturated carbocycles. The van der Waals surface area contributed by atoms with Crippen molar-refractivity contribution in [3.8, 4) is 0 Å². The number of hydrogen-bond donors (Lipinski definition) is 1. The van der Waals surface area contributed by atoms with Crippen LogP contribution in [0, 0.1) is 12.3 Å². The number of halogens is 3. The molecule has 0 amide bonds. The molecule has 1 fully saturated rings. The third-order valence-electron chi connectivity index (χ3n) is 3.16. The molecule has 1 aliphatic heterocycles. The van der Waals surface area contributed by atoms with E-state index in [-0.39, 0.29) is 11.0 Å². The molecule has 18 heavy (non-hydrogen) atoms. The van der Waals surface area contributed by atoms with Crippen LogP contribution in [0.2, 0.25) is 0 Å². The van der Waals surface area contributed by atoms with Crippen LogP contribution >= 0.6 is 0 Å². The molecular formula is C13H16F3NO. The van der Waals surface area contributed by atoms with Crippen LogP contribution in [-0.2, 0) is 10.9 Å². The Labute approximate surface area is 104 Å². The van der Waals surface area contributed by atoms with Crippen LogP contribution in [0.5, 0.6) is 0 Å². The Morgan fingerprint density at radius 3 is 2.50 bits per heavy atom. The van der Waals surface area contributed by atoms with Crippen molar-refractivity contribution >= 4 is 5.69 Å². The topological polar surface area (TPSA) is 21.3 Å². The average Bonchev–Trinajstić information content (AvgIpc) is 2.24. The first-order valence-corrected chi connectivity index (χ1v) is 5.80. The minimum Gasteiger partial charge on any atom is -0.384 e. The second-order valence-corrected chi connectivity index (χ2v) is 5.18. The number of nitrogens with one attached hydrogen (secondary N) is 1. The Kier molecular flexibility index (Phi) is 3.27. The lowest BCUT2D eigenvalue weighted by atomic mass is 9.88. The molecule has 0 spiro atoms. The summed E-state index contributed by atoms with van der Waals surface area (Å²) in [5, 5.41) is 3.05. The van der Waals surface area contributed by atoms with Crippen LogP contribution in [0.4, 0.5) is 18.9 Å². The average molecular weight is 259 g/mol. The van der Waals surface area contributed by atoms with Gasteiger partial charge in [0, 0.05) is 17.6 Å². The summed E-state index contributed by atoms with van der Waals surface area (Å²) >= 11 is 0. The summed E-state index contributed by atoms with van der Waals surface area (Å²) in [5.74, 6) is 0. The van der Waals surface area contributed by atoms with E-state index in [1.165, 1.54) is 13.0 Å². The second kappa shape index (κ2) is 4.46. The van der Waals surface area contributed by atoms with Gasteiger partial charge >= 0.3 is 6.18 Å². The summed E-state index contributed by atoms with van der Waals surface area (Å²) in [6.07, 6.45) is -4.30. The maximum Gasteiger partial charge on any atom is 0.416 e. The van der Waals surface area contributed by atoms with Gasteiger partial charge in [0.05, 0.1) is 18.8 Å². The maximum atomic E-state index is 12.7. The van der Waals surface area contributed by atoms with E-state index in [0.717, 1.165) is 6.07 Å². The minimum atomic E-state index is -4.30. The standard InChI is InChI=1S/C13H16F3NO/c1-9-3-4-10(5-11(9)13(14,15)16)17-6-12(2)7-18-8-12/h3-5,17H,6-8H2,1-2H3. The molecule has 0 radical (unpaired) electrons. The lowest BCUT2D eigenvalue weighted by Gasteiger charge is -2.38. The van der Waals surface area contributed by atoms with E-state index in [1.807, 2.05) is 6.92 Å². The molecule has 2 nitrogen and oxygen atoms in total. The van der Waals surface area contributed by atoms with Gasteiger partial charge in [-0.25, -0.2) is 0 Å². The van der Waals surface area contributed by atoms with Crippen LogP contribution in [-0.4, -0.2) is 19.8 Å². The van der Waals surface area contributed by atoms with Gasteiger partial charge in [-0.2, -0.15) is 13.2 Å². The first-order chi connectivity index (χ1) is 8.30. The Morgan fingerprint density at radius 2 is 2.00 bits per heavy atom. The monoisotopic (exact) mass is 259 g/mol. The van der Waals surface area contributed by atoms with Crippen molar-refractivity contribution in [2.24, 2.45) is 5.41 Å². The van der Waals surface area contributed by atoms with E-state index >= 15 is 0 Å². The molecular weight excluding hydrogens is 243 g/mol. The van der Waals surface area contributed by atoms with Crippen LogP contribution in [0.1, 0.15) is 18.1 Å². The summed E-state index contributed by atoms with van der Waals surface area (Å²) in [6, 6.07) is 4.33. The van der Waals surface area contributed by atoms with Crippen molar-refractivity contribution in [2.75, 3.05) is 25.1 Å². The van der Waals surface area contributed by atoms with E-state index in [1.54, 1.807) is 6.07 Å². The quantitative estimate of drug-likeness (QED) is 0.897. The smallest absolute Gasteiger partial charge is 0.384 e. The SMILES string of the molecule is Cc1ccc(NCC2(C)COC2)cc1C(F)(F)F. The zero-order valence-corrected chi connectivity index (χ0v) is 10.4. The molecule has 0 unspecified atom stereocenters. The summed E-state index contributed by atoms with van der Waals surface area (Å²) in [5.41, 5.74) is 0.193. The van der Waals surface area contributed by atoms with Gasteiger partial charge in [-0.3, -0.25) is 0 Å². The first-order valence-electron chi connectivity index (χ1n) is 5.80. The van der Waals surface area contributed by atoms with Crippen molar-refractivity contribution in [2.45, 2.75) is 20.0 Å². The van der Waals surface area contributed by atoms with Gasteiger partial charge in [0.25, 0.3) is 0 Å². The van der Waals surface area contributed by atoms with Crippen LogP contribution in [0.3, 0.4) is 0 Å². The number of ether oxygens (including phenoxy) is 1. The van der Waals surface area contributed by atoms with Gasteiger partial charge in [0.2, 0.25) is 0 Å².